The molecule has 2 amide bonds. The molecule has 6 nitrogen and oxygen atoms in total. The van der Waals surface area contributed by atoms with E-state index in [2.05, 4.69) is 34.3 Å². The topological polar surface area (TPSA) is 91.2 Å². The summed E-state index contributed by atoms with van der Waals surface area (Å²) in [5.41, 5.74) is 11.3. The monoisotopic (exact) mass is 418 g/mol. The number of nitrogens with two attached hydrogens (primary N) is 1. The van der Waals surface area contributed by atoms with Crippen molar-refractivity contribution < 1.29 is 9.59 Å². The number of carbonyl (C=O) groups is 2. The number of rotatable bonds is 6. The fourth-order valence-corrected chi connectivity index (χ4v) is 4.55. The second-order valence-corrected chi connectivity index (χ2v) is 8.46. The molecule has 1 aliphatic rings. The zero-order valence-electron chi connectivity index (χ0n) is 18.2. The highest BCUT2D eigenvalue weighted by Gasteiger charge is 2.25. The average Bonchev–Trinajstić information content (AvgIpc) is 3.07. The second-order valence-electron chi connectivity index (χ2n) is 8.46. The maximum absolute atomic E-state index is 12.5. The van der Waals surface area contributed by atoms with Crippen molar-refractivity contribution in [1.29, 1.82) is 0 Å². The number of amides is 2. The van der Waals surface area contributed by atoms with E-state index < -0.39 is 5.91 Å². The number of anilines is 1. The number of carbonyl (C=O) groups excluding carboxylic acids is 2. The van der Waals surface area contributed by atoms with E-state index in [9.17, 15) is 9.59 Å². The lowest BCUT2D eigenvalue weighted by Crippen LogP contribution is -2.48. The van der Waals surface area contributed by atoms with Crippen molar-refractivity contribution in [2.75, 3.05) is 18.0 Å². The Labute approximate surface area is 182 Å². The summed E-state index contributed by atoms with van der Waals surface area (Å²) < 4.78 is 0. The van der Waals surface area contributed by atoms with Gasteiger partial charge in [-0.05, 0) is 56.4 Å². The van der Waals surface area contributed by atoms with E-state index in [0.717, 1.165) is 60.2 Å². The number of nitrogens with one attached hydrogen (secondary N) is 2. The Morgan fingerprint density at radius 3 is 2.68 bits per heavy atom. The van der Waals surface area contributed by atoms with Crippen molar-refractivity contribution in [3.05, 3.63) is 64.8 Å². The van der Waals surface area contributed by atoms with Gasteiger partial charge in [0.25, 0.3) is 5.91 Å². The molecule has 162 valence electrons. The molecular weight excluding hydrogens is 388 g/mol. The number of nitrogens with zero attached hydrogens (tertiary/aromatic N) is 1. The smallest absolute Gasteiger partial charge is 0.250 e. The Morgan fingerprint density at radius 2 is 1.94 bits per heavy atom. The van der Waals surface area contributed by atoms with Crippen molar-refractivity contribution in [2.45, 2.75) is 45.6 Å². The van der Waals surface area contributed by atoms with Crippen LogP contribution in [0.1, 0.15) is 46.4 Å². The first kappa shape index (κ1) is 21.0. The molecule has 0 radical (unpaired) electrons. The fourth-order valence-electron chi connectivity index (χ4n) is 4.55. The summed E-state index contributed by atoms with van der Waals surface area (Å²) in [6.07, 6.45) is 3.22. The van der Waals surface area contributed by atoms with E-state index in [1.54, 1.807) is 6.07 Å². The summed E-state index contributed by atoms with van der Waals surface area (Å²) >= 11 is 0. The number of hydrogen-bond acceptors (Lipinski definition) is 3. The Morgan fingerprint density at radius 1 is 1.16 bits per heavy atom. The van der Waals surface area contributed by atoms with E-state index in [1.807, 2.05) is 31.2 Å². The first-order chi connectivity index (χ1) is 14.9. The number of aryl methyl sites for hydroxylation is 3. The molecule has 1 aromatic heterocycles. The molecule has 0 spiro atoms. The van der Waals surface area contributed by atoms with Gasteiger partial charge >= 0.3 is 0 Å². The molecular formula is C25H30N4O2. The van der Waals surface area contributed by atoms with Crippen LogP contribution in [0.2, 0.25) is 0 Å². The van der Waals surface area contributed by atoms with Crippen molar-refractivity contribution in [3.63, 3.8) is 0 Å². The number of benzene rings is 2. The Bertz CT molecular complexity index is 1100. The van der Waals surface area contributed by atoms with Gasteiger partial charge in [-0.2, -0.15) is 0 Å². The van der Waals surface area contributed by atoms with E-state index in [0.29, 0.717) is 12.0 Å². The van der Waals surface area contributed by atoms with Crippen LogP contribution in [0.5, 0.6) is 0 Å². The molecule has 1 aliphatic heterocycles. The summed E-state index contributed by atoms with van der Waals surface area (Å²) in [4.78, 5) is 30.1. The van der Waals surface area contributed by atoms with Gasteiger partial charge in [0.1, 0.15) is 0 Å². The van der Waals surface area contributed by atoms with Crippen LogP contribution < -0.4 is 16.0 Å². The number of hydrogen-bond donors (Lipinski definition) is 3. The minimum atomic E-state index is -0.431. The first-order valence-electron chi connectivity index (χ1n) is 10.9. The van der Waals surface area contributed by atoms with E-state index in [-0.39, 0.29) is 11.9 Å². The maximum atomic E-state index is 12.5. The van der Waals surface area contributed by atoms with Crippen LogP contribution in [0.25, 0.3) is 10.9 Å². The predicted octanol–water partition coefficient (Wildman–Crippen LogP) is 3.60. The summed E-state index contributed by atoms with van der Waals surface area (Å²) in [5.74, 6) is -0.335. The Hall–Kier alpha value is -3.28. The molecule has 1 saturated heterocycles. The van der Waals surface area contributed by atoms with Crippen molar-refractivity contribution >= 4 is 28.4 Å². The van der Waals surface area contributed by atoms with Gasteiger partial charge in [-0.1, -0.05) is 30.3 Å². The normalized spacial score (nSPS) is 16.5. The van der Waals surface area contributed by atoms with Crippen LogP contribution in [0.4, 0.5) is 5.69 Å². The summed E-state index contributed by atoms with van der Waals surface area (Å²) in [6, 6.07) is 14.0. The Balaban J connectivity index is 1.48. The summed E-state index contributed by atoms with van der Waals surface area (Å²) in [5, 5.41) is 4.27. The predicted molar refractivity (Wildman–Crippen MR) is 124 cm³/mol. The highest BCUT2D eigenvalue weighted by Crippen LogP contribution is 2.35. The molecule has 1 fully saturated rings. The number of aromatic nitrogens is 1. The Kier molecular flexibility index (Phi) is 5.98. The molecule has 0 bridgehead atoms. The zero-order valence-corrected chi connectivity index (χ0v) is 18.2. The third-order valence-electron chi connectivity index (χ3n) is 6.31. The van der Waals surface area contributed by atoms with Crippen LogP contribution in [0.3, 0.4) is 0 Å². The lowest BCUT2D eigenvalue weighted by Gasteiger charge is -2.35. The molecule has 0 saturated carbocycles. The van der Waals surface area contributed by atoms with Crippen LogP contribution in [0.15, 0.2) is 42.5 Å². The maximum Gasteiger partial charge on any atom is 0.250 e. The van der Waals surface area contributed by atoms with E-state index >= 15 is 0 Å². The fraction of sp³-hybridized carbons (Fsp3) is 0.360. The minimum Gasteiger partial charge on any atom is -0.369 e. The van der Waals surface area contributed by atoms with Crippen LogP contribution in [-0.2, 0) is 11.2 Å². The molecule has 2 aromatic carbocycles. The highest BCUT2D eigenvalue weighted by atomic mass is 16.2. The first-order valence-corrected chi connectivity index (χ1v) is 10.9. The lowest BCUT2D eigenvalue weighted by atomic mass is 10.0. The third kappa shape index (κ3) is 4.43. The van der Waals surface area contributed by atoms with Gasteiger partial charge in [0.15, 0.2) is 0 Å². The van der Waals surface area contributed by atoms with Gasteiger partial charge in [0, 0.05) is 42.3 Å². The molecule has 3 aromatic rings. The molecule has 31 heavy (non-hydrogen) atoms. The molecule has 2 heterocycles. The second kappa shape index (κ2) is 8.84. The molecule has 1 atom stereocenters. The van der Waals surface area contributed by atoms with Crippen LogP contribution >= 0.6 is 0 Å². The van der Waals surface area contributed by atoms with Crippen molar-refractivity contribution in [3.8, 4) is 0 Å². The molecule has 1 unspecified atom stereocenters. The van der Waals surface area contributed by atoms with Gasteiger partial charge in [0.05, 0.1) is 11.1 Å². The van der Waals surface area contributed by atoms with Crippen molar-refractivity contribution in [1.82, 2.24) is 10.3 Å². The largest absolute Gasteiger partial charge is 0.369 e. The third-order valence-corrected chi connectivity index (χ3v) is 6.31. The lowest BCUT2D eigenvalue weighted by molar-refractivity contribution is -0.121. The van der Waals surface area contributed by atoms with Gasteiger partial charge in [-0.15, -0.1) is 0 Å². The SMILES string of the molecule is Cc1[nH]c2c(C(N)=O)ccc(N3CCCC(NC(=O)CCc4ccccc4)C3)c2c1C. The number of H-pyrrole nitrogens is 1. The number of primary amides is 1. The zero-order chi connectivity index (χ0) is 22.0. The van der Waals surface area contributed by atoms with Gasteiger partial charge in [-0.3, -0.25) is 9.59 Å². The average molecular weight is 419 g/mol. The number of aromatic amines is 1. The molecule has 4 rings (SSSR count). The van der Waals surface area contributed by atoms with Crippen LogP contribution in [-0.4, -0.2) is 35.9 Å². The minimum absolute atomic E-state index is 0.0959. The van der Waals surface area contributed by atoms with Gasteiger partial charge < -0.3 is 20.9 Å². The van der Waals surface area contributed by atoms with Gasteiger partial charge in [0.2, 0.25) is 5.91 Å². The van der Waals surface area contributed by atoms with E-state index in [1.165, 1.54) is 5.56 Å². The van der Waals surface area contributed by atoms with E-state index in [4.69, 9.17) is 5.73 Å². The molecule has 4 N–H and O–H groups in total. The van der Waals surface area contributed by atoms with Crippen molar-refractivity contribution in [2.24, 2.45) is 5.73 Å². The standard InChI is InChI=1S/C25H30N4O2/c1-16-17(2)27-24-20(25(26)31)11-12-21(23(16)24)29-14-6-9-19(15-29)28-22(30)13-10-18-7-4-3-5-8-18/h3-5,7-8,11-12,19,27H,6,9-10,13-15H2,1-2H3,(H2,26,31)(H,28,30). The van der Waals surface area contributed by atoms with Gasteiger partial charge in [-0.25, -0.2) is 0 Å². The molecule has 6 heteroatoms. The van der Waals surface area contributed by atoms with Crippen LogP contribution in [0, 0.1) is 13.8 Å². The number of fused-ring (bicyclic) bond motifs is 1. The quantitative estimate of drug-likeness (QED) is 0.571. The molecule has 0 aliphatic carbocycles. The summed E-state index contributed by atoms with van der Waals surface area (Å²) in [6.45, 7) is 5.75. The summed E-state index contributed by atoms with van der Waals surface area (Å²) in [7, 11) is 0. The number of piperidine rings is 1. The highest BCUT2D eigenvalue weighted by molar-refractivity contribution is 6.10.